The third-order valence-electron chi connectivity index (χ3n) is 4.69. The largest absolute Gasteiger partial charge is 0.471 e. The van der Waals surface area contributed by atoms with Gasteiger partial charge in [-0.25, -0.2) is 15.0 Å². The molecule has 0 amide bonds. The predicted molar refractivity (Wildman–Crippen MR) is 91.8 cm³/mol. The Morgan fingerprint density at radius 3 is 2.50 bits per heavy atom. The quantitative estimate of drug-likeness (QED) is 0.676. The number of alkyl halides is 3. The Morgan fingerprint density at radius 2 is 1.82 bits per heavy atom. The third kappa shape index (κ3) is 4.16. The van der Waals surface area contributed by atoms with E-state index in [4.69, 9.17) is 0 Å². The maximum absolute atomic E-state index is 12.7. The van der Waals surface area contributed by atoms with Gasteiger partial charge in [0, 0.05) is 36.1 Å². The smallest absolute Gasteiger partial charge is 0.329 e. The van der Waals surface area contributed by atoms with Gasteiger partial charge in [0.25, 0.3) is 0 Å². The fourth-order valence-corrected chi connectivity index (χ4v) is 3.30. The standard InChI is InChI=1S/C18H17F3N6O/c19-18(20,21)17-25-16(26-28-17)15-3-1-2-14(24-15)13-4-6-27(7-5-13)10-12-8-22-11-23-9-12/h1-3,8-9,11,13H,4-7,10H2. The maximum atomic E-state index is 12.7. The molecule has 4 heterocycles. The maximum Gasteiger partial charge on any atom is 0.471 e. The Bertz CT molecular complexity index is 922. The summed E-state index contributed by atoms with van der Waals surface area (Å²) in [5.74, 6) is -1.29. The highest BCUT2D eigenvalue weighted by atomic mass is 19.4. The van der Waals surface area contributed by atoms with Crippen molar-refractivity contribution >= 4 is 0 Å². The fourth-order valence-electron chi connectivity index (χ4n) is 3.30. The molecule has 7 nitrogen and oxygen atoms in total. The molecular weight excluding hydrogens is 373 g/mol. The van der Waals surface area contributed by atoms with Crippen molar-refractivity contribution in [2.45, 2.75) is 31.5 Å². The summed E-state index contributed by atoms with van der Waals surface area (Å²) in [6.07, 6.45) is 2.28. The summed E-state index contributed by atoms with van der Waals surface area (Å²) < 4.78 is 42.2. The number of hydrogen-bond donors (Lipinski definition) is 0. The zero-order chi connectivity index (χ0) is 19.6. The summed E-state index contributed by atoms with van der Waals surface area (Å²) in [4.78, 5) is 18.3. The van der Waals surface area contributed by atoms with Gasteiger partial charge >= 0.3 is 12.1 Å². The van der Waals surface area contributed by atoms with Crippen molar-refractivity contribution in [2.75, 3.05) is 13.1 Å². The van der Waals surface area contributed by atoms with Crippen LogP contribution in [0.1, 0.15) is 35.9 Å². The van der Waals surface area contributed by atoms with Crippen LogP contribution < -0.4 is 0 Å². The molecule has 3 aromatic rings. The molecule has 146 valence electrons. The fraction of sp³-hybridized carbons (Fsp3) is 0.389. The first-order chi connectivity index (χ1) is 13.5. The van der Waals surface area contributed by atoms with Gasteiger partial charge in [0.15, 0.2) is 0 Å². The average Bonchev–Trinajstić information content (AvgIpc) is 3.20. The van der Waals surface area contributed by atoms with Gasteiger partial charge < -0.3 is 4.52 Å². The molecule has 10 heteroatoms. The Balaban J connectivity index is 1.42. The second-order valence-electron chi connectivity index (χ2n) is 6.67. The molecule has 0 atom stereocenters. The van der Waals surface area contributed by atoms with Crippen molar-refractivity contribution in [1.29, 1.82) is 0 Å². The van der Waals surface area contributed by atoms with Crippen LogP contribution in [0.2, 0.25) is 0 Å². The molecule has 0 unspecified atom stereocenters. The van der Waals surface area contributed by atoms with Crippen molar-refractivity contribution in [1.82, 2.24) is 30.0 Å². The van der Waals surface area contributed by atoms with Crippen molar-refractivity contribution in [2.24, 2.45) is 0 Å². The van der Waals surface area contributed by atoms with E-state index < -0.39 is 12.1 Å². The minimum atomic E-state index is -4.67. The predicted octanol–water partition coefficient (Wildman–Crippen LogP) is 3.32. The third-order valence-corrected chi connectivity index (χ3v) is 4.69. The number of hydrogen-bond acceptors (Lipinski definition) is 7. The Hall–Kier alpha value is -2.88. The molecule has 0 radical (unpaired) electrons. The van der Waals surface area contributed by atoms with Crippen LogP contribution in [0.3, 0.4) is 0 Å². The van der Waals surface area contributed by atoms with E-state index in [0.29, 0.717) is 0 Å². The number of piperidine rings is 1. The number of rotatable bonds is 4. The topological polar surface area (TPSA) is 80.8 Å². The minimum Gasteiger partial charge on any atom is -0.329 e. The number of aromatic nitrogens is 5. The lowest BCUT2D eigenvalue weighted by atomic mass is 9.92. The molecule has 28 heavy (non-hydrogen) atoms. The summed E-state index contributed by atoms with van der Waals surface area (Å²) in [6.45, 7) is 2.59. The molecule has 0 N–H and O–H groups in total. The minimum absolute atomic E-state index is 0.157. The van der Waals surface area contributed by atoms with Crippen LogP contribution in [0, 0.1) is 0 Å². The first-order valence-electron chi connectivity index (χ1n) is 8.83. The second-order valence-corrected chi connectivity index (χ2v) is 6.67. The molecule has 1 fully saturated rings. The molecule has 0 bridgehead atoms. The molecule has 4 rings (SSSR count). The lowest BCUT2D eigenvalue weighted by molar-refractivity contribution is -0.159. The number of pyridine rings is 1. The molecule has 0 spiro atoms. The summed E-state index contributed by atoms with van der Waals surface area (Å²) >= 11 is 0. The molecule has 1 aliphatic rings. The van der Waals surface area contributed by atoms with Crippen molar-refractivity contribution in [3.05, 3.63) is 54.1 Å². The van der Waals surface area contributed by atoms with Crippen LogP contribution in [-0.2, 0) is 12.7 Å². The van der Waals surface area contributed by atoms with E-state index >= 15 is 0 Å². The lowest BCUT2D eigenvalue weighted by Crippen LogP contribution is -2.32. The van der Waals surface area contributed by atoms with Crippen LogP contribution >= 0.6 is 0 Å². The van der Waals surface area contributed by atoms with Crippen molar-refractivity contribution in [3.8, 4) is 11.5 Å². The van der Waals surface area contributed by atoms with Gasteiger partial charge in [0.1, 0.15) is 12.0 Å². The second kappa shape index (κ2) is 7.63. The summed E-state index contributed by atoms with van der Waals surface area (Å²) in [6, 6.07) is 5.23. The highest BCUT2D eigenvalue weighted by Gasteiger charge is 2.38. The van der Waals surface area contributed by atoms with Gasteiger partial charge in [0.2, 0.25) is 5.82 Å². The Morgan fingerprint density at radius 1 is 1.07 bits per heavy atom. The number of likely N-dealkylation sites (tertiary alicyclic amines) is 1. The first kappa shape index (κ1) is 18.5. The van der Waals surface area contributed by atoms with Gasteiger partial charge in [-0.2, -0.15) is 18.2 Å². The van der Waals surface area contributed by atoms with Crippen LogP contribution in [0.4, 0.5) is 13.2 Å². The van der Waals surface area contributed by atoms with E-state index in [1.54, 1.807) is 12.1 Å². The van der Waals surface area contributed by atoms with Crippen LogP contribution in [-0.4, -0.2) is 43.1 Å². The van der Waals surface area contributed by atoms with Crippen LogP contribution in [0.15, 0.2) is 41.4 Å². The van der Waals surface area contributed by atoms with Crippen molar-refractivity contribution in [3.63, 3.8) is 0 Å². The zero-order valence-corrected chi connectivity index (χ0v) is 14.8. The molecule has 3 aromatic heterocycles. The lowest BCUT2D eigenvalue weighted by Gasteiger charge is -2.31. The van der Waals surface area contributed by atoms with E-state index in [-0.39, 0.29) is 17.4 Å². The van der Waals surface area contributed by atoms with Crippen LogP contribution in [0.5, 0.6) is 0 Å². The van der Waals surface area contributed by atoms with E-state index in [1.165, 1.54) is 6.33 Å². The van der Waals surface area contributed by atoms with E-state index in [9.17, 15) is 13.2 Å². The van der Waals surface area contributed by atoms with Gasteiger partial charge in [-0.1, -0.05) is 11.2 Å². The van der Waals surface area contributed by atoms with E-state index in [0.717, 1.165) is 43.7 Å². The molecule has 1 aliphatic heterocycles. The first-order valence-corrected chi connectivity index (χ1v) is 8.83. The summed E-state index contributed by atoms with van der Waals surface area (Å²) in [5, 5.41) is 3.41. The monoisotopic (exact) mass is 390 g/mol. The normalized spacial score (nSPS) is 16.4. The number of nitrogens with zero attached hydrogens (tertiary/aromatic N) is 6. The number of halogens is 3. The molecule has 1 saturated heterocycles. The SMILES string of the molecule is FC(F)(F)c1nc(-c2cccc(C3CCN(Cc4cncnc4)CC3)n2)no1. The van der Waals surface area contributed by atoms with Gasteiger partial charge in [-0.15, -0.1) is 0 Å². The Kier molecular flexibility index (Phi) is 5.03. The Labute approximate surface area is 158 Å². The highest BCUT2D eigenvalue weighted by molar-refractivity contribution is 5.48. The molecular formula is C18H17F3N6O. The average molecular weight is 390 g/mol. The zero-order valence-electron chi connectivity index (χ0n) is 14.8. The van der Waals surface area contributed by atoms with Crippen LogP contribution in [0.25, 0.3) is 11.5 Å². The van der Waals surface area contributed by atoms with E-state index in [2.05, 4.69) is 34.5 Å². The molecule has 0 saturated carbocycles. The van der Waals surface area contributed by atoms with Crippen molar-refractivity contribution < 1.29 is 17.7 Å². The van der Waals surface area contributed by atoms with Gasteiger partial charge in [-0.05, 0) is 38.1 Å². The summed E-state index contributed by atoms with van der Waals surface area (Å²) in [7, 11) is 0. The van der Waals surface area contributed by atoms with Gasteiger partial charge in [0.05, 0.1) is 0 Å². The molecule has 0 aliphatic carbocycles. The molecule has 0 aromatic carbocycles. The highest BCUT2D eigenvalue weighted by Crippen LogP contribution is 2.31. The van der Waals surface area contributed by atoms with Gasteiger partial charge in [-0.3, -0.25) is 4.90 Å². The summed E-state index contributed by atoms with van der Waals surface area (Å²) in [5.41, 5.74) is 2.18. The van der Waals surface area contributed by atoms with E-state index in [1.807, 2.05) is 18.5 Å².